The summed E-state index contributed by atoms with van der Waals surface area (Å²) < 4.78 is 0. The molecule has 0 aliphatic heterocycles. The van der Waals surface area contributed by atoms with Gasteiger partial charge in [-0.1, -0.05) is 24.3 Å². The Kier molecular flexibility index (Phi) is 1.88. The van der Waals surface area contributed by atoms with Crippen LogP contribution in [-0.4, -0.2) is 0 Å². The average molecular weight is 174 g/mol. The van der Waals surface area contributed by atoms with E-state index in [0.717, 1.165) is 16.3 Å². The third kappa shape index (κ3) is 1.24. The normalized spacial score (nSPS) is 10.5. The van der Waals surface area contributed by atoms with Gasteiger partial charge < -0.3 is 16.4 Å². The second-order valence-electron chi connectivity index (χ2n) is 2.91. The first-order valence-corrected chi connectivity index (χ1v) is 4.05. The van der Waals surface area contributed by atoms with Gasteiger partial charge in [0.25, 0.3) is 0 Å². The molecule has 0 aliphatic carbocycles. The molecular weight excluding hydrogens is 164 g/mol. The van der Waals surface area contributed by atoms with Gasteiger partial charge in [-0.05, 0) is 11.5 Å². The summed E-state index contributed by atoms with van der Waals surface area (Å²) in [7, 11) is 0. The Morgan fingerprint density at radius 1 is 1.08 bits per heavy atom. The number of fused-ring (bicyclic) bond motifs is 1. The molecular formula is C10H10N2O. The van der Waals surface area contributed by atoms with Gasteiger partial charge in [0, 0.05) is 11.8 Å². The predicted octanol–water partition coefficient (Wildman–Crippen LogP) is 1.11. The molecule has 3 heteroatoms. The molecule has 2 aromatic rings. The highest BCUT2D eigenvalue weighted by atomic mass is 16.5. The average Bonchev–Trinajstić information content (AvgIpc) is 2.17. The third-order valence-electron chi connectivity index (χ3n) is 2.10. The Morgan fingerprint density at radius 3 is 2.46 bits per heavy atom. The molecule has 13 heavy (non-hydrogen) atoms. The zero-order valence-corrected chi connectivity index (χ0v) is 7.03. The summed E-state index contributed by atoms with van der Waals surface area (Å²) in [5, 5.41) is 12.6. The van der Waals surface area contributed by atoms with Gasteiger partial charge in [-0.15, -0.1) is 0 Å². The van der Waals surface area contributed by atoms with Crippen molar-refractivity contribution in [1.82, 2.24) is 0 Å². The molecule has 0 heterocycles. The van der Waals surface area contributed by atoms with Crippen molar-refractivity contribution in [2.75, 3.05) is 5.73 Å². The van der Waals surface area contributed by atoms with Gasteiger partial charge in [-0.2, -0.15) is 0 Å². The Bertz CT molecular complexity index is 435. The molecule has 4 N–H and O–H groups in total. The standard InChI is InChI=1S/C10H10N2O/c11-8-5-1-3-7-4-2-6-9(12-13)10(7)8/h1-6H,11-12H2. The minimum atomic E-state index is 0.649. The van der Waals surface area contributed by atoms with E-state index < -0.39 is 0 Å². The lowest BCUT2D eigenvalue weighted by Gasteiger charge is -2.07. The van der Waals surface area contributed by atoms with Crippen molar-refractivity contribution in [3.8, 4) is 0 Å². The number of nitrogens with two attached hydrogens (primary N) is 2. The molecule has 0 radical (unpaired) electrons. The van der Waals surface area contributed by atoms with E-state index in [1.807, 2.05) is 24.3 Å². The van der Waals surface area contributed by atoms with Crippen LogP contribution in [0, 0.1) is 5.21 Å². The second kappa shape index (κ2) is 3.05. The first kappa shape index (κ1) is 8.04. The summed E-state index contributed by atoms with van der Waals surface area (Å²) in [6.07, 6.45) is 0. The van der Waals surface area contributed by atoms with Gasteiger partial charge in [0.15, 0.2) is 0 Å². The van der Waals surface area contributed by atoms with Crippen molar-refractivity contribution in [3.63, 3.8) is 0 Å². The van der Waals surface area contributed by atoms with E-state index in [0.29, 0.717) is 11.4 Å². The monoisotopic (exact) mass is 174 g/mol. The highest BCUT2D eigenvalue weighted by Crippen LogP contribution is 2.25. The fraction of sp³-hybridized carbons (Fsp3) is 0. The summed E-state index contributed by atoms with van der Waals surface area (Å²) in [5.41, 5.74) is 7.91. The zero-order valence-electron chi connectivity index (χ0n) is 7.03. The van der Waals surface area contributed by atoms with Crippen molar-refractivity contribution >= 4 is 22.1 Å². The number of quaternary nitrogens is 1. The minimum absolute atomic E-state index is 0.649. The van der Waals surface area contributed by atoms with Crippen LogP contribution in [0.2, 0.25) is 0 Å². The Hall–Kier alpha value is -1.58. The van der Waals surface area contributed by atoms with E-state index in [-0.39, 0.29) is 0 Å². The molecule has 0 saturated heterocycles. The second-order valence-corrected chi connectivity index (χ2v) is 2.91. The zero-order chi connectivity index (χ0) is 9.26. The molecule has 3 nitrogen and oxygen atoms in total. The van der Waals surface area contributed by atoms with Crippen LogP contribution in [-0.2, 0) is 0 Å². The fourth-order valence-corrected chi connectivity index (χ4v) is 1.50. The number of hydrogen-bond acceptors (Lipinski definition) is 2. The van der Waals surface area contributed by atoms with Crippen LogP contribution in [0.3, 0.4) is 0 Å². The molecule has 0 spiro atoms. The molecule has 66 valence electrons. The quantitative estimate of drug-likeness (QED) is 0.502. The minimum Gasteiger partial charge on any atom is -0.630 e. The Labute approximate surface area is 75.8 Å². The molecule has 0 bridgehead atoms. The van der Waals surface area contributed by atoms with Crippen molar-refractivity contribution in [3.05, 3.63) is 41.6 Å². The van der Waals surface area contributed by atoms with Crippen LogP contribution in [0.1, 0.15) is 0 Å². The SMILES string of the molecule is Nc1cccc2cccc([NH2+][O-])c12. The maximum atomic E-state index is 10.7. The van der Waals surface area contributed by atoms with Crippen LogP contribution in [0.15, 0.2) is 36.4 Å². The van der Waals surface area contributed by atoms with E-state index in [1.165, 1.54) is 0 Å². The van der Waals surface area contributed by atoms with Gasteiger partial charge in [0.05, 0.1) is 5.39 Å². The van der Waals surface area contributed by atoms with Gasteiger partial charge in [0.2, 0.25) is 0 Å². The molecule has 0 aromatic heterocycles. The van der Waals surface area contributed by atoms with Crippen molar-refractivity contribution in [2.24, 2.45) is 0 Å². The summed E-state index contributed by atoms with van der Waals surface area (Å²) in [5.74, 6) is 0. The largest absolute Gasteiger partial charge is 0.630 e. The Morgan fingerprint density at radius 2 is 1.77 bits per heavy atom. The van der Waals surface area contributed by atoms with Crippen LogP contribution < -0.4 is 11.2 Å². The molecule has 2 aromatic carbocycles. The lowest BCUT2D eigenvalue weighted by Crippen LogP contribution is -2.70. The van der Waals surface area contributed by atoms with Crippen LogP contribution >= 0.6 is 0 Å². The number of hydrogen-bond donors (Lipinski definition) is 2. The third-order valence-corrected chi connectivity index (χ3v) is 2.10. The van der Waals surface area contributed by atoms with E-state index in [9.17, 15) is 5.21 Å². The van der Waals surface area contributed by atoms with Crippen LogP contribution in [0.25, 0.3) is 10.8 Å². The van der Waals surface area contributed by atoms with Crippen LogP contribution in [0.5, 0.6) is 0 Å². The van der Waals surface area contributed by atoms with Crippen molar-refractivity contribution in [2.45, 2.75) is 0 Å². The van der Waals surface area contributed by atoms with E-state index in [4.69, 9.17) is 5.73 Å². The maximum Gasteiger partial charge on any atom is 0.139 e. The number of nitrogen functional groups attached to an aromatic ring is 1. The molecule has 0 unspecified atom stereocenters. The predicted molar refractivity (Wildman–Crippen MR) is 53.3 cm³/mol. The molecule has 0 aliphatic rings. The highest BCUT2D eigenvalue weighted by Gasteiger charge is 2.03. The van der Waals surface area contributed by atoms with E-state index in [2.05, 4.69) is 0 Å². The van der Waals surface area contributed by atoms with Crippen molar-refractivity contribution in [1.29, 1.82) is 0 Å². The van der Waals surface area contributed by atoms with Crippen molar-refractivity contribution < 1.29 is 5.48 Å². The fourth-order valence-electron chi connectivity index (χ4n) is 1.50. The molecule has 0 saturated carbocycles. The highest BCUT2D eigenvalue weighted by molar-refractivity contribution is 5.99. The molecule has 0 atom stereocenters. The lowest BCUT2D eigenvalue weighted by molar-refractivity contribution is -0.495. The molecule has 2 rings (SSSR count). The number of anilines is 1. The van der Waals surface area contributed by atoms with Gasteiger partial charge in [0.1, 0.15) is 5.69 Å². The summed E-state index contributed by atoms with van der Waals surface area (Å²) in [6, 6.07) is 11.2. The molecule has 0 amide bonds. The first-order chi connectivity index (χ1) is 6.33. The molecule has 0 fully saturated rings. The maximum absolute atomic E-state index is 10.7. The number of rotatable bonds is 1. The topological polar surface area (TPSA) is 65.7 Å². The summed E-state index contributed by atoms with van der Waals surface area (Å²) in [6.45, 7) is 0. The summed E-state index contributed by atoms with van der Waals surface area (Å²) in [4.78, 5) is 0. The van der Waals surface area contributed by atoms with Gasteiger partial charge >= 0.3 is 0 Å². The smallest absolute Gasteiger partial charge is 0.139 e. The van der Waals surface area contributed by atoms with E-state index >= 15 is 0 Å². The number of benzene rings is 2. The van der Waals surface area contributed by atoms with Crippen LogP contribution in [0.4, 0.5) is 11.4 Å². The lowest BCUT2D eigenvalue weighted by atomic mass is 10.1. The summed E-state index contributed by atoms with van der Waals surface area (Å²) >= 11 is 0. The van der Waals surface area contributed by atoms with Gasteiger partial charge in [-0.3, -0.25) is 0 Å². The first-order valence-electron chi connectivity index (χ1n) is 4.05. The van der Waals surface area contributed by atoms with E-state index in [1.54, 1.807) is 12.1 Å². The van der Waals surface area contributed by atoms with Gasteiger partial charge in [-0.25, -0.2) is 0 Å². The Balaban J connectivity index is 2.87.